The molecule has 0 aromatic rings. The monoisotopic (exact) mass is 213 g/mol. The SMILES string of the molecule is CCC(C)(C)O[C@H]1C[C@H](NC(C)(C)C)C1. The van der Waals surface area contributed by atoms with Gasteiger partial charge in [0.15, 0.2) is 0 Å². The predicted molar refractivity (Wildman–Crippen MR) is 65.2 cm³/mol. The number of hydrogen-bond acceptors (Lipinski definition) is 2. The van der Waals surface area contributed by atoms with Crippen LogP contribution in [-0.2, 0) is 4.74 Å². The molecule has 15 heavy (non-hydrogen) atoms. The van der Waals surface area contributed by atoms with E-state index in [1.807, 2.05) is 0 Å². The van der Waals surface area contributed by atoms with Crippen LogP contribution in [0.4, 0.5) is 0 Å². The van der Waals surface area contributed by atoms with Gasteiger partial charge < -0.3 is 10.1 Å². The summed E-state index contributed by atoms with van der Waals surface area (Å²) in [6, 6.07) is 0.655. The quantitative estimate of drug-likeness (QED) is 0.775. The molecule has 2 nitrogen and oxygen atoms in total. The van der Waals surface area contributed by atoms with E-state index < -0.39 is 0 Å². The van der Waals surface area contributed by atoms with Gasteiger partial charge in [-0.1, -0.05) is 6.92 Å². The predicted octanol–water partition coefficient (Wildman–Crippen LogP) is 3.11. The van der Waals surface area contributed by atoms with Gasteiger partial charge in [0.05, 0.1) is 11.7 Å². The maximum atomic E-state index is 6.03. The summed E-state index contributed by atoms with van der Waals surface area (Å²) in [5.41, 5.74) is 0.285. The number of rotatable bonds is 4. The highest BCUT2D eigenvalue weighted by Gasteiger charge is 2.35. The molecule has 1 N–H and O–H groups in total. The van der Waals surface area contributed by atoms with Gasteiger partial charge in [0.25, 0.3) is 0 Å². The minimum absolute atomic E-state index is 0.0529. The Balaban J connectivity index is 2.21. The molecular weight excluding hydrogens is 186 g/mol. The van der Waals surface area contributed by atoms with Gasteiger partial charge >= 0.3 is 0 Å². The summed E-state index contributed by atoms with van der Waals surface area (Å²) in [7, 11) is 0. The van der Waals surface area contributed by atoms with E-state index >= 15 is 0 Å². The summed E-state index contributed by atoms with van der Waals surface area (Å²) in [5.74, 6) is 0. The van der Waals surface area contributed by atoms with Gasteiger partial charge in [0, 0.05) is 11.6 Å². The highest BCUT2D eigenvalue weighted by molar-refractivity contribution is 4.91. The van der Waals surface area contributed by atoms with Crippen molar-refractivity contribution in [3.63, 3.8) is 0 Å². The Morgan fingerprint density at radius 1 is 1.13 bits per heavy atom. The minimum atomic E-state index is 0.0529. The lowest BCUT2D eigenvalue weighted by molar-refractivity contribution is -0.115. The summed E-state index contributed by atoms with van der Waals surface area (Å²) >= 11 is 0. The molecule has 1 aliphatic carbocycles. The van der Waals surface area contributed by atoms with Crippen LogP contribution in [0.3, 0.4) is 0 Å². The van der Waals surface area contributed by atoms with Crippen molar-refractivity contribution in [3.05, 3.63) is 0 Å². The lowest BCUT2D eigenvalue weighted by Crippen LogP contribution is -2.53. The summed E-state index contributed by atoms with van der Waals surface area (Å²) < 4.78 is 6.03. The number of hydrogen-bond donors (Lipinski definition) is 1. The third-order valence-electron chi connectivity index (χ3n) is 3.07. The van der Waals surface area contributed by atoms with Crippen molar-refractivity contribution in [1.82, 2.24) is 5.32 Å². The molecule has 0 aromatic carbocycles. The maximum absolute atomic E-state index is 6.03. The van der Waals surface area contributed by atoms with Crippen LogP contribution in [0.5, 0.6) is 0 Å². The van der Waals surface area contributed by atoms with E-state index in [1.54, 1.807) is 0 Å². The van der Waals surface area contributed by atoms with Gasteiger partial charge in [-0.15, -0.1) is 0 Å². The van der Waals surface area contributed by atoms with Crippen LogP contribution in [-0.4, -0.2) is 23.3 Å². The molecule has 1 fully saturated rings. The molecule has 0 aliphatic heterocycles. The van der Waals surface area contributed by atoms with Crippen molar-refractivity contribution in [2.24, 2.45) is 0 Å². The van der Waals surface area contributed by atoms with Crippen LogP contribution in [0.15, 0.2) is 0 Å². The van der Waals surface area contributed by atoms with Gasteiger partial charge in [-0.3, -0.25) is 0 Å². The highest BCUT2D eigenvalue weighted by Crippen LogP contribution is 2.30. The highest BCUT2D eigenvalue weighted by atomic mass is 16.5. The topological polar surface area (TPSA) is 21.3 Å². The smallest absolute Gasteiger partial charge is 0.0627 e. The number of nitrogens with one attached hydrogen (secondary N) is 1. The summed E-state index contributed by atoms with van der Waals surface area (Å²) in [5, 5.41) is 3.61. The first-order valence-electron chi connectivity index (χ1n) is 6.17. The van der Waals surface area contributed by atoms with E-state index in [0.29, 0.717) is 12.1 Å². The van der Waals surface area contributed by atoms with E-state index in [9.17, 15) is 0 Å². The first kappa shape index (κ1) is 13.0. The molecule has 0 aromatic heterocycles. The van der Waals surface area contributed by atoms with Crippen LogP contribution in [0, 0.1) is 0 Å². The molecule has 0 radical (unpaired) electrons. The fourth-order valence-electron chi connectivity index (χ4n) is 1.93. The van der Waals surface area contributed by atoms with E-state index in [4.69, 9.17) is 4.74 Å². The van der Waals surface area contributed by atoms with Crippen LogP contribution in [0.25, 0.3) is 0 Å². The molecule has 0 bridgehead atoms. The summed E-state index contributed by atoms with van der Waals surface area (Å²) in [6.45, 7) is 13.2. The van der Waals surface area contributed by atoms with Gasteiger partial charge in [-0.2, -0.15) is 0 Å². The first-order valence-corrected chi connectivity index (χ1v) is 6.17. The van der Waals surface area contributed by atoms with Crippen molar-refractivity contribution in [1.29, 1.82) is 0 Å². The number of ether oxygens (including phenoxy) is 1. The third-order valence-corrected chi connectivity index (χ3v) is 3.07. The van der Waals surface area contributed by atoms with Crippen molar-refractivity contribution in [2.75, 3.05) is 0 Å². The summed E-state index contributed by atoms with van der Waals surface area (Å²) in [4.78, 5) is 0. The molecule has 0 heterocycles. The zero-order chi connectivity index (χ0) is 11.7. The van der Waals surface area contributed by atoms with Crippen molar-refractivity contribution in [3.8, 4) is 0 Å². The fourth-order valence-corrected chi connectivity index (χ4v) is 1.93. The lowest BCUT2D eigenvalue weighted by atomic mass is 9.86. The zero-order valence-electron chi connectivity index (χ0n) is 11.2. The molecule has 0 atom stereocenters. The van der Waals surface area contributed by atoms with Crippen molar-refractivity contribution >= 4 is 0 Å². The third kappa shape index (κ3) is 4.52. The molecule has 0 amide bonds. The normalized spacial score (nSPS) is 27.6. The molecule has 1 saturated carbocycles. The molecule has 1 rings (SSSR count). The van der Waals surface area contributed by atoms with E-state index in [2.05, 4.69) is 46.9 Å². The van der Waals surface area contributed by atoms with Crippen LogP contribution < -0.4 is 5.32 Å². The standard InChI is InChI=1S/C13H27NO/c1-7-13(5,6)15-11-8-10(9-11)14-12(2,3)4/h10-11,14H,7-9H2,1-6H3/t10-,11-. The van der Waals surface area contributed by atoms with Crippen molar-refractivity contribution < 1.29 is 4.74 Å². The maximum Gasteiger partial charge on any atom is 0.0627 e. The Bertz CT molecular complexity index is 199. The second-order valence-electron chi connectivity index (χ2n) is 6.42. The van der Waals surface area contributed by atoms with E-state index in [-0.39, 0.29) is 11.1 Å². The Morgan fingerprint density at radius 2 is 1.67 bits per heavy atom. The fraction of sp³-hybridized carbons (Fsp3) is 1.00. The van der Waals surface area contributed by atoms with Gasteiger partial charge in [0.2, 0.25) is 0 Å². The lowest BCUT2D eigenvalue weighted by Gasteiger charge is -2.43. The average molecular weight is 213 g/mol. The van der Waals surface area contributed by atoms with Gasteiger partial charge in [-0.05, 0) is 53.9 Å². The zero-order valence-corrected chi connectivity index (χ0v) is 11.2. The van der Waals surface area contributed by atoms with Crippen LogP contribution >= 0.6 is 0 Å². The molecule has 2 heteroatoms. The Morgan fingerprint density at radius 3 is 2.07 bits per heavy atom. The minimum Gasteiger partial charge on any atom is -0.372 e. The molecule has 90 valence electrons. The second-order valence-corrected chi connectivity index (χ2v) is 6.42. The van der Waals surface area contributed by atoms with Crippen molar-refractivity contribution in [2.45, 2.75) is 84.1 Å². The molecule has 0 spiro atoms. The molecule has 0 unspecified atom stereocenters. The van der Waals surface area contributed by atoms with Crippen LogP contribution in [0.2, 0.25) is 0 Å². The van der Waals surface area contributed by atoms with Crippen LogP contribution in [0.1, 0.15) is 60.8 Å². The van der Waals surface area contributed by atoms with Gasteiger partial charge in [0.1, 0.15) is 0 Å². The average Bonchev–Trinajstić information content (AvgIpc) is 1.98. The summed E-state index contributed by atoms with van der Waals surface area (Å²) in [6.07, 6.45) is 3.89. The molecule has 0 saturated heterocycles. The Labute approximate surface area is 94.8 Å². The molecule has 1 aliphatic rings. The largest absolute Gasteiger partial charge is 0.372 e. The second kappa shape index (κ2) is 4.42. The first-order chi connectivity index (χ1) is 6.72. The van der Waals surface area contributed by atoms with Gasteiger partial charge in [-0.25, -0.2) is 0 Å². The molecular formula is C13H27NO. The van der Waals surface area contributed by atoms with E-state index in [1.165, 1.54) is 12.8 Å². The Hall–Kier alpha value is -0.0800. The van der Waals surface area contributed by atoms with E-state index in [0.717, 1.165) is 6.42 Å². The Kier molecular flexibility index (Phi) is 3.83.